The summed E-state index contributed by atoms with van der Waals surface area (Å²) in [6, 6.07) is 0. The van der Waals surface area contributed by atoms with Crippen molar-refractivity contribution in [2.24, 2.45) is 0 Å². The van der Waals surface area contributed by atoms with Crippen LogP contribution in [0.3, 0.4) is 0 Å². The molecule has 1 heterocycles. The van der Waals surface area contributed by atoms with Gasteiger partial charge < -0.3 is 4.98 Å². The number of aromatic amines is 1. The first-order valence-corrected chi connectivity index (χ1v) is 6.31. The van der Waals surface area contributed by atoms with E-state index < -0.39 is 40.2 Å². The number of nitrogens with zero attached hydrogens (tertiary/aromatic N) is 1. The molecule has 1 aromatic heterocycles. The van der Waals surface area contributed by atoms with Gasteiger partial charge in [-0.1, -0.05) is 20.8 Å². The van der Waals surface area contributed by atoms with Gasteiger partial charge in [-0.15, -0.1) is 0 Å². The Bertz CT molecular complexity index is 741. The fourth-order valence-electron chi connectivity index (χ4n) is 1.93. The van der Waals surface area contributed by atoms with Gasteiger partial charge in [0, 0.05) is 17.3 Å². The van der Waals surface area contributed by atoms with Crippen molar-refractivity contribution in [2.45, 2.75) is 26.2 Å². The molecule has 1 aromatic carbocycles. The van der Waals surface area contributed by atoms with Crippen molar-refractivity contribution in [2.75, 3.05) is 0 Å². The molecule has 0 aliphatic rings. The van der Waals surface area contributed by atoms with Crippen molar-refractivity contribution in [1.29, 1.82) is 0 Å². The SMILES string of the molecule is CC(C)(C)c1c[nH]c(=S)n1-c1c(F)c(F)c(F)c(F)c1F. The maximum absolute atomic E-state index is 13.9. The minimum atomic E-state index is -2.20. The first-order valence-electron chi connectivity index (χ1n) is 5.90. The Morgan fingerprint density at radius 2 is 1.33 bits per heavy atom. The molecule has 0 amide bonds. The van der Waals surface area contributed by atoms with Crippen molar-refractivity contribution in [3.05, 3.63) is 45.7 Å². The topological polar surface area (TPSA) is 20.7 Å². The van der Waals surface area contributed by atoms with Gasteiger partial charge in [-0.25, -0.2) is 22.0 Å². The van der Waals surface area contributed by atoms with Gasteiger partial charge in [0.05, 0.1) is 0 Å². The monoisotopic (exact) mass is 322 g/mol. The zero-order valence-electron chi connectivity index (χ0n) is 11.3. The lowest BCUT2D eigenvalue weighted by atomic mass is 9.92. The molecule has 0 aliphatic carbocycles. The minimum absolute atomic E-state index is 0.164. The van der Waals surface area contributed by atoms with Crippen LogP contribution in [0.15, 0.2) is 6.20 Å². The van der Waals surface area contributed by atoms with E-state index in [1.54, 1.807) is 20.8 Å². The average molecular weight is 322 g/mol. The number of hydrogen-bond donors (Lipinski definition) is 1. The molecule has 0 fully saturated rings. The molecule has 114 valence electrons. The molecule has 2 rings (SSSR count). The zero-order chi connectivity index (χ0) is 16.1. The second-order valence-corrected chi connectivity index (χ2v) is 5.87. The van der Waals surface area contributed by atoms with E-state index in [1.165, 1.54) is 6.20 Å². The van der Waals surface area contributed by atoms with E-state index in [0.29, 0.717) is 0 Å². The molecule has 0 spiro atoms. The highest BCUT2D eigenvalue weighted by molar-refractivity contribution is 7.71. The van der Waals surface area contributed by atoms with E-state index in [0.717, 1.165) is 4.57 Å². The van der Waals surface area contributed by atoms with Crippen LogP contribution >= 0.6 is 12.2 Å². The Hall–Kier alpha value is -1.70. The molecular formula is C13H11F5N2S. The summed E-state index contributed by atoms with van der Waals surface area (Å²) in [6.45, 7) is 5.15. The Labute approximate surface area is 122 Å². The van der Waals surface area contributed by atoms with Gasteiger partial charge in [-0.05, 0) is 12.2 Å². The highest BCUT2D eigenvalue weighted by atomic mass is 32.1. The first-order chi connectivity index (χ1) is 9.57. The molecular weight excluding hydrogens is 311 g/mol. The highest BCUT2D eigenvalue weighted by Gasteiger charge is 2.30. The second-order valence-electron chi connectivity index (χ2n) is 5.48. The van der Waals surface area contributed by atoms with Crippen LogP contribution < -0.4 is 0 Å². The Kier molecular flexibility index (Phi) is 3.69. The standard InChI is InChI=1S/C13H11F5N2S/c1-13(2,3)5-4-19-12(21)20(5)11-9(17)7(15)6(14)8(16)10(11)18/h4H,1-3H3,(H,19,21). The Balaban J connectivity index is 2.94. The maximum Gasteiger partial charge on any atom is 0.200 e. The average Bonchev–Trinajstić information content (AvgIpc) is 2.76. The van der Waals surface area contributed by atoms with Crippen LogP contribution in [0.1, 0.15) is 26.5 Å². The highest BCUT2D eigenvalue weighted by Crippen LogP contribution is 2.31. The van der Waals surface area contributed by atoms with Gasteiger partial charge in [0.2, 0.25) is 5.82 Å². The van der Waals surface area contributed by atoms with Crippen LogP contribution in [-0.2, 0) is 5.41 Å². The van der Waals surface area contributed by atoms with Gasteiger partial charge in [-0.2, -0.15) is 0 Å². The molecule has 21 heavy (non-hydrogen) atoms. The van der Waals surface area contributed by atoms with Gasteiger partial charge in [0.15, 0.2) is 28.0 Å². The first kappa shape index (κ1) is 15.7. The molecule has 2 aromatic rings. The lowest BCUT2D eigenvalue weighted by Crippen LogP contribution is -2.19. The normalized spacial score (nSPS) is 12.0. The van der Waals surface area contributed by atoms with Crippen molar-refractivity contribution in [3.63, 3.8) is 0 Å². The largest absolute Gasteiger partial charge is 0.337 e. The van der Waals surface area contributed by atoms with E-state index in [-0.39, 0.29) is 10.5 Å². The number of benzene rings is 1. The molecule has 0 atom stereocenters. The lowest BCUT2D eigenvalue weighted by molar-refractivity contribution is 0.373. The van der Waals surface area contributed by atoms with Gasteiger partial charge in [0.1, 0.15) is 5.69 Å². The smallest absolute Gasteiger partial charge is 0.200 e. The number of aromatic nitrogens is 2. The number of H-pyrrole nitrogens is 1. The van der Waals surface area contributed by atoms with E-state index in [9.17, 15) is 22.0 Å². The number of imidazole rings is 1. The number of hydrogen-bond acceptors (Lipinski definition) is 1. The van der Waals surface area contributed by atoms with Crippen LogP contribution in [-0.4, -0.2) is 9.55 Å². The van der Waals surface area contributed by atoms with Crippen LogP contribution in [0, 0.1) is 33.9 Å². The van der Waals surface area contributed by atoms with Crippen molar-refractivity contribution >= 4 is 12.2 Å². The van der Waals surface area contributed by atoms with E-state index in [1.807, 2.05) is 0 Å². The van der Waals surface area contributed by atoms with E-state index in [4.69, 9.17) is 12.2 Å². The molecule has 0 unspecified atom stereocenters. The summed E-state index contributed by atoms with van der Waals surface area (Å²) in [5, 5.41) is 0. The van der Waals surface area contributed by atoms with Crippen LogP contribution in [0.2, 0.25) is 0 Å². The van der Waals surface area contributed by atoms with Crippen LogP contribution in [0.5, 0.6) is 0 Å². The molecule has 0 saturated carbocycles. The number of rotatable bonds is 1. The third kappa shape index (κ3) is 2.37. The molecule has 2 nitrogen and oxygen atoms in total. The molecule has 0 radical (unpaired) electrons. The number of halogens is 5. The molecule has 0 bridgehead atoms. The third-order valence-electron chi connectivity index (χ3n) is 2.96. The Morgan fingerprint density at radius 3 is 1.76 bits per heavy atom. The predicted octanol–water partition coefficient (Wildman–Crippen LogP) is 4.53. The zero-order valence-corrected chi connectivity index (χ0v) is 12.1. The summed E-state index contributed by atoms with van der Waals surface area (Å²) in [5.41, 5.74) is -1.42. The van der Waals surface area contributed by atoms with E-state index in [2.05, 4.69) is 4.98 Å². The van der Waals surface area contributed by atoms with Crippen molar-refractivity contribution in [1.82, 2.24) is 9.55 Å². The van der Waals surface area contributed by atoms with E-state index >= 15 is 0 Å². The van der Waals surface area contributed by atoms with Gasteiger partial charge in [-0.3, -0.25) is 4.57 Å². The predicted molar refractivity (Wildman–Crippen MR) is 69.4 cm³/mol. The van der Waals surface area contributed by atoms with Crippen LogP contribution in [0.25, 0.3) is 5.69 Å². The quantitative estimate of drug-likeness (QED) is 0.354. The Morgan fingerprint density at radius 1 is 0.905 bits per heavy atom. The molecule has 0 saturated heterocycles. The molecule has 0 aliphatic heterocycles. The maximum atomic E-state index is 13.9. The van der Waals surface area contributed by atoms with Crippen LogP contribution in [0.4, 0.5) is 22.0 Å². The van der Waals surface area contributed by atoms with Gasteiger partial charge in [0.25, 0.3) is 0 Å². The van der Waals surface area contributed by atoms with Gasteiger partial charge >= 0.3 is 0 Å². The summed E-state index contributed by atoms with van der Waals surface area (Å²) in [7, 11) is 0. The lowest BCUT2D eigenvalue weighted by Gasteiger charge is -2.21. The second kappa shape index (κ2) is 4.94. The fourth-order valence-corrected chi connectivity index (χ4v) is 2.18. The summed E-state index contributed by atoms with van der Waals surface area (Å²) < 4.78 is 68.3. The third-order valence-corrected chi connectivity index (χ3v) is 3.26. The number of nitrogens with one attached hydrogen (secondary N) is 1. The summed E-state index contributed by atoms with van der Waals surface area (Å²) in [5.74, 6) is -10.1. The fraction of sp³-hybridized carbons (Fsp3) is 0.308. The minimum Gasteiger partial charge on any atom is -0.337 e. The van der Waals surface area contributed by atoms with Crippen molar-refractivity contribution < 1.29 is 22.0 Å². The summed E-state index contributed by atoms with van der Waals surface area (Å²) >= 11 is 4.90. The van der Waals surface area contributed by atoms with Crippen molar-refractivity contribution in [3.8, 4) is 5.69 Å². The molecule has 8 heteroatoms. The molecule has 1 N–H and O–H groups in total. The summed E-state index contributed by atoms with van der Waals surface area (Å²) in [6.07, 6.45) is 1.38. The summed E-state index contributed by atoms with van der Waals surface area (Å²) in [4.78, 5) is 2.56.